The van der Waals surface area contributed by atoms with Crippen LogP contribution in [0.25, 0.3) is 0 Å². The van der Waals surface area contributed by atoms with Crippen molar-refractivity contribution in [3.63, 3.8) is 0 Å². The van der Waals surface area contributed by atoms with Crippen LogP contribution >= 0.6 is 15.9 Å². The van der Waals surface area contributed by atoms with Crippen LogP contribution in [-0.2, 0) is 6.54 Å². The molecule has 0 aliphatic rings. The van der Waals surface area contributed by atoms with E-state index in [2.05, 4.69) is 61.2 Å². The maximum Gasteiger partial charge on any atom is 0.229 e. The van der Waals surface area contributed by atoms with E-state index in [0.29, 0.717) is 5.95 Å². The molecule has 0 bridgehead atoms. The van der Waals surface area contributed by atoms with Gasteiger partial charge < -0.3 is 10.2 Å². The molecule has 0 unspecified atom stereocenters. The minimum atomic E-state index is 0.586. The Kier molecular flexibility index (Phi) is 5.11. The lowest BCUT2D eigenvalue weighted by molar-refractivity contribution is 0.893. The molecule has 0 saturated carbocycles. The van der Waals surface area contributed by atoms with E-state index in [1.54, 1.807) is 6.20 Å². The minimum absolute atomic E-state index is 0.586. The Morgan fingerprint density at radius 1 is 1.08 bits per heavy atom. The predicted octanol–water partition coefficient (Wildman–Crippen LogP) is 4.93. The highest BCUT2D eigenvalue weighted by Gasteiger charge is 2.06. The van der Waals surface area contributed by atoms with Gasteiger partial charge in [0.15, 0.2) is 0 Å². The summed E-state index contributed by atoms with van der Waals surface area (Å²) in [6.07, 6.45) is 1.77. The Morgan fingerprint density at radius 2 is 1.88 bits per heavy atom. The Bertz CT molecular complexity index is 821. The molecule has 3 rings (SSSR count). The van der Waals surface area contributed by atoms with Crippen molar-refractivity contribution >= 4 is 33.4 Å². The summed E-state index contributed by atoms with van der Waals surface area (Å²) in [7, 11) is 2.03. The average molecular weight is 383 g/mol. The van der Waals surface area contributed by atoms with Crippen molar-refractivity contribution in [2.75, 3.05) is 17.3 Å². The molecule has 0 saturated heterocycles. The zero-order valence-corrected chi connectivity index (χ0v) is 15.3. The Balaban J connectivity index is 1.74. The highest BCUT2D eigenvalue weighted by atomic mass is 79.9. The van der Waals surface area contributed by atoms with Crippen molar-refractivity contribution in [1.82, 2.24) is 9.97 Å². The summed E-state index contributed by atoms with van der Waals surface area (Å²) in [5.74, 6) is 1.46. The molecule has 0 spiro atoms. The molecule has 24 heavy (non-hydrogen) atoms. The second-order valence-electron chi connectivity index (χ2n) is 5.67. The van der Waals surface area contributed by atoms with Crippen molar-refractivity contribution in [2.45, 2.75) is 13.5 Å². The number of hydrogen-bond donors (Lipinski definition) is 1. The van der Waals surface area contributed by atoms with Crippen LogP contribution in [0.1, 0.15) is 11.1 Å². The van der Waals surface area contributed by atoms with Gasteiger partial charge in [0.1, 0.15) is 5.82 Å². The Labute approximate surface area is 150 Å². The van der Waals surface area contributed by atoms with E-state index in [1.165, 1.54) is 11.1 Å². The van der Waals surface area contributed by atoms with Crippen LogP contribution in [0.4, 0.5) is 17.5 Å². The van der Waals surface area contributed by atoms with Gasteiger partial charge in [-0.15, -0.1) is 0 Å². The van der Waals surface area contributed by atoms with Gasteiger partial charge in [-0.05, 0) is 36.2 Å². The zero-order valence-electron chi connectivity index (χ0n) is 13.7. The lowest BCUT2D eigenvalue weighted by Gasteiger charge is -2.18. The fourth-order valence-electron chi connectivity index (χ4n) is 2.36. The lowest BCUT2D eigenvalue weighted by atomic mass is 10.2. The number of rotatable bonds is 5. The van der Waals surface area contributed by atoms with Crippen molar-refractivity contribution in [3.05, 3.63) is 76.4 Å². The number of halogens is 1. The number of aromatic nitrogens is 2. The molecule has 4 nitrogen and oxygen atoms in total. The van der Waals surface area contributed by atoms with E-state index in [-0.39, 0.29) is 0 Å². The number of nitrogens with one attached hydrogen (secondary N) is 1. The van der Waals surface area contributed by atoms with Crippen LogP contribution in [-0.4, -0.2) is 17.0 Å². The number of hydrogen-bond acceptors (Lipinski definition) is 4. The first kappa shape index (κ1) is 16.5. The number of nitrogens with zero attached hydrogens (tertiary/aromatic N) is 3. The Morgan fingerprint density at radius 3 is 2.62 bits per heavy atom. The van der Waals surface area contributed by atoms with Gasteiger partial charge in [0.25, 0.3) is 0 Å². The van der Waals surface area contributed by atoms with Crippen LogP contribution in [0, 0.1) is 6.92 Å². The summed E-state index contributed by atoms with van der Waals surface area (Å²) in [6.45, 7) is 2.86. The molecular weight excluding hydrogens is 364 g/mol. The van der Waals surface area contributed by atoms with Crippen LogP contribution in [0.2, 0.25) is 0 Å². The smallest absolute Gasteiger partial charge is 0.229 e. The normalized spacial score (nSPS) is 10.5. The van der Waals surface area contributed by atoms with Crippen molar-refractivity contribution in [3.8, 4) is 0 Å². The summed E-state index contributed by atoms with van der Waals surface area (Å²) in [5.41, 5.74) is 3.39. The van der Waals surface area contributed by atoms with Crippen LogP contribution in [0.5, 0.6) is 0 Å². The maximum absolute atomic E-state index is 4.60. The summed E-state index contributed by atoms with van der Waals surface area (Å²) in [6, 6.07) is 18.4. The highest BCUT2D eigenvalue weighted by molar-refractivity contribution is 9.10. The van der Waals surface area contributed by atoms with Gasteiger partial charge in [-0.25, -0.2) is 4.98 Å². The third-order valence-electron chi connectivity index (χ3n) is 3.72. The van der Waals surface area contributed by atoms with Gasteiger partial charge >= 0.3 is 0 Å². The van der Waals surface area contributed by atoms with E-state index in [9.17, 15) is 0 Å². The molecule has 0 aliphatic heterocycles. The van der Waals surface area contributed by atoms with Crippen LogP contribution in [0.15, 0.2) is 65.3 Å². The average Bonchev–Trinajstić information content (AvgIpc) is 2.59. The van der Waals surface area contributed by atoms with E-state index in [4.69, 9.17) is 0 Å². The standard InChI is InChI=1S/C19H19BrN4/c1-14-8-9-16(12-17(14)20)22-19-21-11-10-18(23-19)24(2)13-15-6-4-3-5-7-15/h3-12H,13H2,1-2H3,(H,21,22,23). The molecule has 0 amide bonds. The van der Waals surface area contributed by atoms with Crippen LogP contribution in [0.3, 0.4) is 0 Å². The molecule has 0 fully saturated rings. The minimum Gasteiger partial charge on any atom is -0.355 e. The molecule has 2 aromatic carbocycles. The Hall–Kier alpha value is -2.40. The molecule has 0 radical (unpaired) electrons. The van der Waals surface area contributed by atoms with E-state index < -0.39 is 0 Å². The molecule has 5 heteroatoms. The van der Waals surface area contributed by atoms with Gasteiger partial charge in [-0.3, -0.25) is 0 Å². The molecule has 1 heterocycles. The van der Waals surface area contributed by atoms with Crippen LogP contribution < -0.4 is 10.2 Å². The lowest BCUT2D eigenvalue weighted by Crippen LogP contribution is -2.18. The molecule has 0 aliphatic carbocycles. The van der Waals surface area contributed by atoms with Crippen molar-refractivity contribution in [2.24, 2.45) is 0 Å². The first-order valence-electron chi connectivity index (χ1n) is 7.73. The van der Waals surface area contributed by atoms with Gasteiger partial charge in [-0.1, -0.05) is 52.3 Å². The highest BCUT2D eigenvalue weighted by Crippen LogP contribution is 2.23. The molecule has 122 valence electrons. The van der Waals surface area contributed by atoms with Crippen molar-refractivity contribution < 1.29 is 0 Å². The number of benzene rings is 2. The van der Waals surface area contributed by atoms with Gasteiger partial charge in [0.05, 0.1) is 0 Å². The topological polar surface area (TPSA) is 41.1 Å². The quantitative estimate of drug-likeness (QED) is 0.679. The first-order chi connectivity index (χ1) is 11.6. The summed E-state index contributed by atoms with van der Waals surface area (Å²) < 4.78 is 1.06. The predicted molar refractivity (Wildman–Crippen MR) is 103 cm³/mol. The first-order valence-corrected chi connectivity index (χ1v) is 8.52. The number of anilines is 3. The van der Waals surface area contributed by atoms with Gasteiger partial charge in [0.2, 0.25) is 5.95 Å². The second kappa shape index (κ2) is 7.45. The van der Waals surface area contributed by atoms with E-state index in [1.807, 2.05) is 43.4 Å². The van der Waals surface area contributed by atoms with Crippen molar-refractivity contribution in [1.29, 1.82) is 0 Å². The molecule has 3 aromatic rings. The molecule has 0 atom stereocenters. The fourth-order valence-corrected chi connectivity index (χ4v) is 2.74. The molecule has 1 aromatic heterocycles. The van der Waals surface area contributed by atoms with E-state index >= 15 is 0 Å². The molecular formula is C19H19BrN4. The summed E-state index contributed by atoms with van der Waals surface area (Å²) >= 11 is 3.55. The second-order valence-corrected chi connectivity index (χ2v) is 6.52. The largest absolute Gasteiger partial charge is 0.355 e. The maximum atomic E-state index is 4.60. The third-order valence-corrected chi connectivity index (χ3v) is 4.58. The molecule has 1 N–H and O–H groups in total. The van der Waals surface area contributed by atoms with E-state index in [0.717, 1.165) is 22.5 Å². The SMILES string of the molecule is Cc1ccc(Nc2nccc(N(C)Cc3ccccc3)n2)cc1Br. The van der Waals surface area contributed by atoms with Gasteiger partial charge in [0, 0.05) is 29.9 Å². The fraction of sp³-hybridized carbons (Fsp3) is 0.158. The zero-order chi connectivity index (χ0) is 16.9. The van der Waals surface area contributed by atoms with Gasteiger partial charge in [-0.2, -0.15) is 4.98 Å². The number of aryl methyl sites for hydroxylation is 1. The monoisotopic (exact) mass is 382 g/mol. The summed E-state index contributed by atoms with van der Waals surface area (Å²) in [4.78, 5) is 11.0. The third kappa shape index (κ3) is 4.11. The summed E-state index contributed by atoms with van der Waals surface area (Å²) in [5, 5.41) is 3.25.